The van der Waals surface area contributed by atoms with Gasteiger partial charge in [-0.3, -0.25) is 9.11 Å². The van der Waals surface area contributed by atoms with Gasteiger partial charge in [0.2, 0.25) is 5.36 Å². The van der Waals surface area contributed by atoms with Crippen LogP contribution in [0.4, 0.5) is 28.6 Å². The molecule has 3 aliphatic rings. The minimum atomic E-state index is -6.00. The van der Waals surface area contributed by atoms with Gasteiger partial charge >= 0.3 is 7.25 Å². The second kappa shape index (κ2) is 12.2. The zero-order valence-electron chi connectivity index (χ0n) is 22.0. The average molecular weight is 623 g/mol. The molecule has 0 amide bonds. The lowest BCUT2D eigenvalue weighted by Crippen LogP contribution is -2.39. The molecule has 2 aromatic rings. The highest BCUT2D eigenvalue weighted by atomic mass is 32.2. The molecule has 10 nitrogen and oxygen atoms in total. The van der Waals surface area contributed by atoms with Gasteiger partial charge in [0, 0.05) is 43.2 Å². The predicted octanol–water partition coefficient (Wildman–Crippen LogP) is 2.79. The lowest BCUT2D eigenvalue weighted by molar-refractivity contribution is 0.368. The summed E-state index contributed by atoms with van der Waals surface area (Å²) in [5.41, 5.74) is 4.05. The van der Waals surface area contributed by atoms with Crippen molar-refractivity contribution in [2.24, 2.45) is 4.99 Å². The number of ether oxygens (including phenoxy) is 1. The van der Waals surface area contributed by atoms with Crippen LogP contribution in [0.5, 0.6) is 11.5 Å². The van der Waals surface area contributed by atoms with Crippen LogP contribution in [0.25, 0.3) is 0 Å². The average Bonchev–Trinajstić information content (AvgIpc) is 2.83. The summed E-state index contributed by atoms with van der Waals surface area (Å²) < 4.78 is 110. The standard InChI is InChI=1S/C24H29N3O7S2.BF4/c28-35(29,30)11-3-9-26-7-1-5-17-13-19-23(15-21(17)26)34-24-16-22-18(14-20(24)25-19)6-2-8-27(22)10-4-12-36(31,32)33;2-1(3,4)5/h13-16H,1-12H2,(H-,28,29,30,31,32,33);/q;-1/p+1. The molecule has 3 heterocycles. The number of halogens is 4. The van der Waals surface area contributed by atoms with E-state index in [1.807, 2.05) is 24.3 Å². The van der Waals surface area contributed by atoms with Gasteiger partial charge in [-0.05, 0) is 43.4 Å². The van der Waals surface area contributed by atoms with E-state index < -0.39 is 27.5 Å². The van der Waals surface area contributed by atoms with Crippen molar-refractivity contribution in [1.29, 1.82) is 0 Å². The van der Waals surface area contributed by atoms with Crippen molar-refractivity contribution in [2.45, 2.75) is 38.5 Å². The molecule has 0 saturated heterocycles. The zero-order chi connectivity index (χ0) is 30.0. The van der Waals surface area contributed by atoms with Crippen LogP contribution in [0, 0.1) is 0 Å². The summed E-state index contributed by atoms with van der Waals surface area (Å²) in [6, 6.07) is 8.02. The van der Waals surface area contributed by atoms with E-state index in [1.54, 1.807) is 0 Å². The second-order valence-corrected chi connectivity index (χ2v) is 13.2. The largest absolute Gasteiger partial charge is 0.673 e. The van der Waals surface area contributed by atoms with Crippen molar-refractivity contribution >= 4 is 38.9 Å². The van der Waals surface area contributed by atoms with Gasteiger partial charge in [-0.2, -0.15) is 16.8 Å². The third-order valence-electron chi connectivity index (χ3n) is 6.87. The highest BCUT2D eigenvalue weighted by Crippen LogP contribution is 2.41. The fraction of sp³-hybridized carbons (Fsp3) is 0.500. The lowest BCUT2D eigenvalue weighted by Gasteiger charge is -2.32. The van der Waals surface area contributed by atoms with E-state index in [4.69, 9.17) is 18.8 Å². The highest BCUT2D eigenvalue weighted by Gasteiger charge is 2.25. The van der Waals surface area contributed by atoms with Crippen molar-refractivity contribution in [2.75, 3.05) is 42.6 Å². The van der Waals surface area contributed by atoms with Crippen molar-refractivity contribution in [3.05, 3.63) is 46.1 Å². The summed E-state index contributed by atoms with van der Waals surface area (Å²) >= 11 is 0. The van der Waals surface area contributed by atoms with Crippen molar-refractivity contribution in [3.63, 3.8) is 0 Å². The van der Waals surface area contributed by atoms with Gasteiger partial charge in [0.15, 0.2) is 11.5 Å². The molecule has 0 saturated carbocycles. The Morgan fingerprint density at radius 1 is 0.902 bits per heavy atom. The van der Waals surface area contributed by atoms with E-state index in [9.17, 15) is 34.1 Å². The van der Waals surface area contributed by atoms with E-state index >= 15 is 0 Å². The number of rotatable bonds is 8. The topological polar surface area (TPSA) is 137 Å². The number of aryl methyl sites for hydroxylation is 2. The van der Waals surface area contributed by atoms with Crippen LogP contribution >= 0.6 is 0 Å². The molecule has 41 heavy (non-hydrogen) atoms. The molecule has 17 heteroatoms. The molecule has 0 aliphatic carbocycles. The van der Waals surface area contributed by atoms with E-state index in [-0.39, 0.29) is 11.5 Å². The molecule has 0 unspecified atom stereocenters. The van der Waals surface area contributed by atoms with Gasteiger partial charge in [-0.25, -0.2) is 9.57 Å². The third-order valence-corrected chi connectivity index (χ3v) is 8.48. The molecule has 5 rings (SSSR count). The van der Waals surface area contributed by atoms with Crippen molar-refractivity contribution in [3.8, 4) is 11.5 Å². The first kappa shape index (κ1) is 31.2. The van der Waals surface area contributed by atoms with Gasteiger partial charge in [-0.1, -0.05) is 0 Å². The predicted molar refractivity (Wildman–Crippen MR) is 145 cm³/mol. The Bertz CT molecular complexity index is 1650. The first-order chi connectivity index (χ1) is 19.1. The lowest BCUT2D eigenvalue weighted by atomic mass is 9.99. The minimum Gasteiger partial charge on any atom is -0.452 e. The molecular weight excluding hydrogens is 593 g/mol. The van der Waals surface area contributed by atoms with Gasteiger partial charge < -0.3 is 26.9 Å². The quantitative estimate of drug-likeness (QED) is 0.169. The van der Waals surface area contributed by atoms with Crippen LogP contribution in [-0.4, -0.2) is 70.9 Å². The van der Waals surface area contributed by atoms with Crippen LogP contribution in [0.2, 0.25) is 0 Å². The van der Waals surface area contributed by atoms with Crippen LogP contribution in [-0.2, 0) is 33.1 Å². The number of fused-ring (bicyclic) bond motifs is 4. The number of hydrogen-bond donors (Lipinski definition) is 2. The Morgan fingerprint density at radius 2 is 1.56 bits per heavy atom. The minimum absolute atomic E-state index is 0.269. The molecule has 2 aromatic carbocycles. The molecule has 0 fully saturated rings. The monoisotopic (exact) mass is 623 g/mol. The van der Waals surface area contributed by atoms with Gasteiger partial charge in [-0.15, -0.1) is 0 Å². The Kier molecular flexibility index (Phi) is 9.30. The van der Waals surface area contributed by atoms with Crippen molar-refractivity contribution in [1.82, 2.24) is 4.58 Å². The Hall–Kier alpha value is -2.76. The first-order valence-electron chi connectivity index (χ1n) is 13.1. The fourth-order valence-electron chi connectivity index (χ4n) is 5.28. The molecular formula is C24H30BF4N3O7S2. The van der Waals surface area contributed by atoms with E-state index in [0.717, 1.165) is 72.0 Å². The van der Waals surface area contributed by atoms with E-state index in [2.05, 4.69) is 9.48 Å². The van der Waals surface area contributed by atoms with Crippen molar-refractivity contribution < 1.29 is 47.9 Å². The smallest absolute Gasteiger partial charge is 0.452 e. The molecule has 0 bridgehead atoms. The summed E-state index contributed by atoms with van der Waals surface area (Å²) in [5, 5.41) is 1.76. The summed E-state index contributed by atoms with van der Waals surface area (Å²) in [6.07, 6.45) is 4.39. The van der Waals surface area contributed by atoms with Gasteiger partial charge in [0.05, 0.1) is 17.6 Å². The molecule has 0 aromatic heterocycles. The number of benzene rings is 2. The van der Waals surface area contributed by atoms with Gasteiger partial charge in [0.25, 0.3) is 20.2 Å². The zero-order valence-corrected chi connectivity index (χ0v) is 23.6. The molecule has 0 atom stereocenters. The Morgan fingerprint density at radius 3 is 2.24 bits per heavy atom. The SMILES string of the molecule is F[B-](F)(F)F.O=S(=O)(O)CCCN1CCCc2cc3c(cc21)Oc1cc2c(cc1=N3)CCC[N+]=2CCCS(=O)(=O)O. The molecule has 2 N–H and O–H groups in total. The summed E-state index contributed by atoms with van der Waals surface area (Å²) in [7, 11) is -14.0. The first-order valence-corrected chi connectivity index (χ1v) is 16.3. The fourth-order valence-corrected chi connectivity index (χ4v) is 6.27. The van der Waals surface area contributed by atoms with E-state index in [0.29, 0.717) is 37.4 Å². The number of nitrogens with zero attached hydrogens (tertiary/aromatic N) is 3. The van der Waals surface area contributed by atoms with Crippen LogP contribution in [0.15, 0.2) is 29.3 Å². The maximum Gasteiger partial charge on any atom is 0.673 e. The van der Waals surface area contributed by atoms with Crippen LogP contribution < -0.4 is 24.9 Å². The summed E-state index contributed by atoms with van der Waals surface area (Å²) in [6.45, 7) is 2.64. The van der Waals surface area contributed by atoms with Crippen LogP contribution in [0.3, 0.4) is 0 Å². The normalized spacial score (nSPS) is 16.2. The number of anilines is 1. The Labute approximate surface area is 235 Å². The second-order valence-electron chi connectivity index (χ2n) is 10.1. The third kappa shape index (κ3) is 9.11. The van der Waals surface area contributed by atoms with Gasteiger partial charge in [0.1, 0.15) is 24.1 Å². The molecule has 0 radical (unpaired) electrons. The summed E-state index contributed by atoms with van der Waals surface area (Å²) in [4.78, 5) is 7.01. The maximum absolute atomic E-state index is 11.1. The number of hydrogen-bond acceptors (Lipinski definition) is 7. The highest BCUT2D eigenvalue weighted by molar-refractivity contribution is 7.86. The van der Waals surface area contributed by atoms with E-state index in [1.165, 1.54) is 0 Å². The maximum atomic E-state index is 11.1. The van der Waals surface area contributed by atoms with Crippen LogP contribution in [0.1, 0.15) is 36.8 Å². The summed E-state index contributed by atoms with van der Waals surface area (Å²) in [5.74, 6) is 0.733. The molecule has 0 spiro atoms. The Balaban J connectivity index is 0.000000714. The molecule has 226 valence electrons. The molecule has 3 aliphatic heterocycles.